The molecule has 2 N–H and O–H groups in total. The maximum Gasteiger partial charge on any atom is 0.326 e. The number of amides is 1. The van der Waals surface area contributed by atoms with Crippen LogP contribution in [0.5, 0.6) is 5.75 Å². The van der Waals surface area contributed by atoms with Crippen molar-refractivity contribution in [2.75, 3.05) is 12.4 Å². The molecule has 3 rings (SSSR count). The summed E-state index contributed by atoms with van der Waals surface area (Å²) in [5.41, 5.74) is 2.42. The van der Waals surface area contributed by atoms with Gasteiger partial charge in [0.1, 0.15) is 17.3 Å². The zero-order valence-corrected chi connectivity index (χ0v) is 19.1. The molecule has 1 aromatic heterocycles. The normalized spacial score (nSPS) is 12.0. The molecule has 0 radical (unpaired) electrons. The average molecular weight is 436 g/mol. The van der Waals surface area contributed by atoms with E-state index in [9.17, 15) is 9.59 Å². The van der Waals surface area contributed by atoms with Gasteiger partial charge in [0.05, 0.1) is 24.7 Å². The van der Waals surface area contributed by atoms with E-state index in [1.54, 1.807) is 36.8 Å². The zero-order chi connectivity index (χ0) is 23.5. The average Bonchev–Trinajstić information content (AvgIpc) is 3.02. The van der Waals surface area contributed by atoms with Crippen molar-refractivity contribution in [3.05, 3.63) is 82.7 Å². The Bertz CT molecular complexity index is 1240. The van der Waals surface area contributed by atoms with Crippen LogP contribution in [0.2, 0.25) is 0 Å². The molecule has 0 unspecified atom stereocenters. The van der Waals surface area contributed by atoms with Crippen molar-refractivity contribution in [1.82, 2.24) is 9.55 Å². The first-order valence-corrected chi connectivity index (χ1v) is 10.3. The Kier molecular flexibility index (Phi) is 6.58. The number of rotatable bonds is 7. The number of aromatic nitrogens is 2. The van der Waals surface area contributed by atoms with Gasteiger partial charge in [0.15, 0.2) is 0 Å². The molecule has 0 saturated heterocycles. The summed E-state index contributed by atoms with van der Waals surface area (Å²) in [5, 5.41) is 2.82. The molecular formula is C25H29N3O4. The number of allylic oxidation sites excluding steroid dienone is 2. The molecule has 1 heterocycles. The minimum Gasteiger partial charge on any atom is -0.497 e. The van der Waals surface area contributed by atoms with Crippen molar-refractivity contribution in [3.63, 3.8) is 0 Å². The van der Waals surface area contributed by atoms with Gasteiger partial charge in [-0.15, -0.1) is 0 Å². The summed E-state index contributed by atoms with van der Waals surface area (Å²) >= 11 is 0. The lowest BCUT2D eigenvalue weighted by molar-refractivity contribution is -0.112. The highest BCUT2D eigenvalue weighted by Crippen LogP contribution is 2.26. The van der Waals surface area contributed by atoms with Gasteiger partial charge in [-0.2, -0.15) is 0 Å². The van der Waals surface area contributed by atoms with Gasteiger partial charge < -0.3 is 19.8 Å². The topological polar surface area (TPSA) is 85.4 Å². The Hall–Kier alpha value is -3.74. The quantitative estimate of drug-likeness (QED) is 0.412. The van der Waals surface area contributed by atoms with Crippen molar-refractivity contribution in [3.8, 4) is 5.75 Å². The number of carbonyl (C=O) groups is 1. The van der Waals surface area contributed by atoms with Crippen molar-refractivity contribution in [2.24, 2.45) is 5.41 Å². The van der Waals surface area contributed by atoms with E-state index in [2.05, 4.69) is 16.9 Å². The first kappa shape index (κ1) is 22.9. The molecule has 0 atom stereocenters. The summed E-state index contributed by atoms with van der Waals surface area (Å²) in [7, 11) is 1.60. The van der Waals surface area contributed by atoms with Crippen molar-refractivity contribution >= 4 is 22.6 Å². The van der Waals surface area contributed by atoms with Crippen LogP contribution in [-0.4, -0.2) is 22.6 Å². The molecule has 0 aliphatic rings. The smallest absolute Gasteiger partial charge is 0.326 e. The number of hydrogen-bond acceptors (Lipinski definition) is 4. The number of ether oxygens (including phenoxy) is 2. The molecule has 0 aliphatic heterocycles. The maximum absolute atomic E-state index is 12.5. The monoisotopic (exact) mass is 435 g/mol. The van der Waals surface area contributed by atoms with Crippen molar-refractivity contribution < 1.29 is 14.3 Å². The minimum absolute atomic E-state index is 0.225. The van der Waals surface area contributed by atoms with Crippen LogP contribution >= 0.6 is 0 Å². The van der Waals surface area contributed by atoms with Gasteiger partial charge >= 0.3 is 5.69 Å². The standard InChI is InChI=1S/C25H29N3O4/c1-16(32-17(2)25(3,4)5)12-23(29)26-19-10-11-21-22(14-19)28(24(30)27-21)15-18-8-7-9-20(13-18)31-6/h7-14H,2,15H2,1,3-6H3,(H,26,29)(H,27,30)/b16-12+. The molecule has 0 fully saturated rings. The second-order valence-corrected chi connectivity index (χ2v) is 8.62. The maximum atomic E-state index is 12.5. The van der Waals surface area contributed by atoms with Crippen LogP contribution in [0.1, 0.15) is 33.3 Å². The number of H-pyrrole nitrogens is 1. The molecule has 7 heteroatoms. The molecule has 32 heavy (non-hydrogen) atoms. The fourth-order valence-corrected chi connectivity index (χ4v) is 3.08. The van der Waals surface area contributed by atoms with Crippen LogP contribution in [-0.2, 0) is 16.1 Å². The van der Waals surface area contributed by atoms with E-state index in [-0.39, 0.29) is 17.0 Å². The molecule has 2 aromatic carbocycles. The molecule has 168 valence electrons. The molecule has 1 amide bonds. The lowest BCUT2D eigenvalue weighted by atomic mass is 9.95. The third kappa shape index (κ3) is 5.49. The number of imidazole rings is 1. The van der Waals surface area contributed by atoms with Gasteiger partial charge in [-0.1, -0.05) is 39.5 Å². The van der Waals surface area contributed by atoms with E-state index in [1.165, 1.54) is 6.08 Å². The Balaban J connectivity index is 1.81. The van der Waals surface area contributed by atoms with E-state index >= 15 is 0 Å². The molecule has 0 bridgehead atoms. The minimum atomic E-state index is -0.333. The number of benzene rings is 2. The van der Waals surface area contributed by atoms with Gasteiger partial charge in [0, 0.05) is 17.2 Å². The third-order valence-corrected chi connectivity index (χ3v) is 4.97. The number of fused-ring (bicyclic) bond motifs is 1. The fraction of sp³-hybridized carbons (Fsp3) is 0.280. The first-order chi connectivity index (χ1) is 15.1. The molecule has 3 aromatic rings. The second kappa shape index (κ2) is 9.18. The Morgan fingerprint density at radius 3 is 2.66 bits per heavy atom. The van der Waals surface area contributed by atoms with Gasteiger partial charge in [0.2, 0.25) is 0 Å². The molecular weight excluding hydrogens is 406 g/mol. The van der Waals surface area contributed by atoms with E-state index in [0.29, 0.717) is 34.8 Å². The lowest BCUT2D eigenvalue weighted by Gasteiger charge is -2.21. The first-order valence-electron chi connectivity index (χ1n) is 10.3. The van der Waals surface area contributed by atoms with Gasteiger partial charge in [-0.3, -0.25) is 9.36 Å². The zero-order valence-electron chi connectivity index (χ0n) is 19.1. The van der Waals surface area contributed by atoms with Crippen LogP contribution < -0.4 is 15.7 Å². The van der Waals surface area contributed by atoms with Crippen molar-refractivity contribution in [2.45, 2.75) is 34.2 Å². The highest BCUT2D eigenvalue weighted by molar-refractivity contribution is 6.00. The molecule has 0 saturated carbocycles. The summed E-state index contributed by atoms with van der Waals surface area (Å²) in [6, 6.07) is 12.8. The van der Waals surface area contributed by atoms with E-state index in [1.807, 2.05) is 45.0 Å². The molecule has 0 aliphatic carbocycles. The van der Waals surface area contributed by atoms with E-state index < -0.39 is 0 Å². The van der Waals surface area contributed by atoms with Crippen LogP contribution in [0.25, 0.3) is 11.0 Å². The second-order valence-electron chi connectivity index (χ2n) is 8.62. The summed E-state index contributed by atoms with van der Waals surface area (Å²) in [4.78, 5) is 27.8. The van der Waals surface area contributed by atoms with E-state index in [0.717, 1.165) is 11.3 Å². The Labute approximate surface area is 187 Å². The van der Waals surface area contributed by atoms with Gasteiger partial charge in [-0.25, -0.2) is 4.79 Å². The fourth-order valence-electron chi connectivity index (χ4n) is 3.08. The summed E-state index contributed by atoms with van der Waals surface area (Å²) in [6.45, 7) is 11.9. The Morgan fingerprint density at radius 1 is 1.22 bits per heavy atom. The predicted octanol–water partition coefficient (Wildman–Crippen LogP) is 4.81. The van der Waals surface area contributed by atoms with Gasteiger partial charge in [0.25, 0.3) is 5.91 Å². The third-order valence-electron chi connectivity index (χ3n) is 4.97. The highest BCUT2D eigenvalue weighted by atomic mass is 16.5. The number of hydrogen-bond donors (Lipinski definition) is 2. The summed E-state index contributed by atoms with van der Waals surface area (Å²) in [5.74, 6) is 1.41. The Morgan fingerprint density at radius 2 is 1.97 bits per heavy atom. The largest absolute Gasteiger partial charge is 0.497 e. The number of nitrogens with one attached hydrogen (secondary N) is 2. The summed E-state index contributed by atoms with van der Waals surface area (Å²) in [6.07, 6.45) is 1.38. The van der Waals surface area contributed by atoms with Crippen LogP contribution in [0, 0.1) is 5.41 Å². The SMILES string of the molecule is C=C(O/C(C)=C/C(=O)Nc1ccc2[nH]c(=O)n(Cc3cccc(OC)c3)c2c1)C(C)(C)C. The number of nitrogens with zero attached hydrogens (tertiary/aromatic N) is 1. The number of methoxy groups -OCH3 is 1. The predicted molar refractivity (Wildman–Crippen MR) is 127 cm³/mol. The lowest BCUT2D eigenvalue weighted by Crippen LogP contribution is -2.17. The number of anilines is 1. The molecule has 7 nitrogen and oxygen atoms in total. The van der Waals surface area contributed by atoms with Crippen LogP contribution in [0.3, 0.4) is 0 Å². The molecule has 0 spiro atoms. The number of carbonyl (C=O) groups excluding carboxylic acids is 1. The highest BCUT2D eigenvalue weighted by Gasteiger charge is 2.17. The summed E-state index contributed by atoms with van der Waals surface area (Å²) < 4.78 is 12.5. The van der Waals surface area contributed by atoms with Crippen LogP contribution in [0.15, 0.2) is 71.4 Å². The van der Waals surface area contributed by atoms with E-state index in [4.69, 9.17) is 9.47 Å². The number of aromatic amines is 1. The van der Waals surface area contributed by atoms with Crippen molar-refractivity contribution in [1.29, 1.82) is 0 Å². The van der Waals surface area contributed by atoms with Gasteiger partial charge in [-0.05, 0) is 42.8 Å². The van der Waals surface area contributed by atoms with Crippen LogP contribution in [0.4, 0.5) is 5.69 Å².